The van der Waals surface area contributed by atoms with Gasteiger partial charge in [-0.25, -0.2) is 0 Å². The van der Waals surface area contributed by atoms with Crippen molar-refractivity contribution < 1.29 is 0 Å². The van der Waals surface area contributed by atoms with Crippen molar-refractivity contribution in [2.75, 3.05) is 0 Å². The van der Waals surface area contributed by atoms with Gasteiger partial charge in [0.05, 0.1) is 11.0 Å². The van der Waals surface area contributed by atoms with E-state index in [1.165, 1.54) is 5.56 Å². The number of hydrogen-bond acceptors (Lipinski definition) is 2. The van der Waals surface area contributed by atoms with Crippen molar-refractivity contribution in [1.82, 2.24) is 9.97 Å². The smallest absolute Gasteiger partial charge is 0.0918 e. The second-order valence-electron chi connectivity index (χ2n) is 3.09. The summed E-state index contributed by atoms with van der Waals surface area (Å²) in [6, 6.07) is 6.17. The molecule has 13 heavy (non-hydrogen) atoms. The van der Waals surface area contributed by atoms with Crippen molar-refractivity contribution in [2.24, 2.45) is 0 Å². The van der Waals surface area contributed by atoms with Crippen molar-refractivity contribution in [3.8, 4) is 0 Å². The van der Waals surface area contributed by atoms with Crippen LogP contribution < -0.4 is 0 Å². The lowest BCUT2D eigenvalue weighted by Crippen LogP contribution is -1.89. The summed E-state index contributed by atoms with van der Waals surface area (Å²) < 4.78 is 0. The van der Waals surface area contributed by atoms with E-state index < -0.39 is 0 Å². The van der Waals surface area contributed by atoms with E-state index in [4.69, 9.17) is 0 Å². The lowest BCUT2D eigenvalue weighted by atomic mass is 10.1. The van der Waals surface area contributed by atoms with E-state index in [0.717, 1.165) is 23.9 Å². The number of para-hydroxylation sites is 1. The monoisotopic (exact) mass is 172 g/mol. The summed E-state index contributed by atoms with van der Waals surface area (Å²) in [5.74, 6) is 0. The molecule has 66 valence electrons. The molecule has 0 bridgehead atoms. The molecule has 2 aromatic rings. The normalized spacial score (nSPS) is 10.5. The van der Waals surface area contributed by atoms with Crippen LogP contribution in [0.25, 0.3) is 11.0 Å². The molecule has 0 aliphatic rings. The maximum Gasteiger partial charge on any atom is 0.0918 e. The van der Waals surface area contributed by atoms with Gasteiger partial charge in [-0.3, -0.25) is 9.97 Å². The summed E-state index contributed by atoms with van der Waals surface area (Å²) in [4.78, 5) is 8.60. The molecule has 0 aliphatic heterocycles. The molecule has 0 spiro atoms. The van der Waals surface area contributed by atoms with Crippen LogP contribution in [0.5, 0.6) is 0 Å². The van der Waals surface area contributed by atoms with Crippen LogP contribution in [0.4, 0.5) is 0 Å². The summed E-state index contributed by atoms with van der Waals surface area (Å²) >= 11 is 0. The minimum Gasteiger partial charge on any atom is -0.253 e. The zero-order valence-electron chi connectivity index (χ0n) is 7.70. The van der Waals surface area contributed by atoms with Gasteiger partial charge >= 0.3 is 0 Å². The van der Waals surface area contributed by atoms with Gasteiger partial charge in [0.25, 0.3) is 0 Å². The molecular formula is C11H12N2. The molecule has 0 unspecified atom stereocenters. The molecule has 0 N–H and O–H groups in total. The standard InChI is InChI=1S/C11H12N2/c1-2-4-9-5-3-6-10-11(9)13-8-7-12-10/h3,5-8H,2,4H2,1H3. The quantitative estimate of drug-likeness (QED) is 0.695. The molecule has 0 fully saturated rings. The minimum atomic E-state index is 0.994. The zero-order chi connectivity index (χ0) is 9.10. The SMILES string of the molecule is CCCc1cccc2nccnc12. The topological polar surface area (TPSA) is 25.8 Å². The van der Waals surface area contributed by atoms with Crippen LogP contribution in [0.15, 0.2) is 30.6 Å². The number of fused-ring (bicyclic) bond motifs is 1. The van der Waals surface area contributed by atoms with Gasteiger partial charge in [0.15, 0.2) is 0 Å². The Labute approximate surface area is 77.6 Å². The zero-order valence-corrected chi connectivity index (χ0v) is 7.70. The van der Waals surface area contributed by atoms with Gasteiger partial charge in [-0.2, -0.15) is 0 Å². The fourth-order valence-electron chi connectivity index (χ4n) is 1.52. The molecule has 1 aromatic carbocycles. The van der Waals surface area contributed by atoms with Crippen LogP contribution in [0.3, 0.4) is 0 Å². The third-order valence-electron chi connectivity index (χ3n) is 2.10. The van der Waals surface area contributed by atoms with Gasteiger partial charge in [0, 0.05) is 12.4 Å². The van der Waals surface area contributed by atoms with Crippen LogP contribution in [0.1, 0.15) is 18.9 Å². The highest BCUT2D eigenvalue weighted by Crippen LogP contribution is 2.14. The van der Waals surface area contributed by atoms with Gasteiger partial charge in [0.2, 0.25) is 0 Å². The molecule has 0 aliphatic carbocycles. The molecule has 0 saturated heterocycles. The van der Waals surface area contributed by atoms with Crippen LogP contribution in [-0.4, -0.2) is 9.97 Å². The Morgan fingerprint density at radius 1 is 1.15 bits per heavy atom. The van der Waals surface area contributed by atoms with Crippen LogP contribution in [-0.2, 0) is 6.42 Å². The van der Waals surface area contributed by atoms with E-state index in [1.807, 2.05) is 12.1 Å². The number of rotatable bonds is 2. The fraction of sp³-hybridized carbons (Fsp3) is 0.273. The largest absolute Gasteiger partial charge is 0.253 e. The predicted molar refractivity (Wildman–Crippen MR) is 53.5 cm³/mol. The summed E-state index contributed by atoms with van der Waals surface area (Å²) in [6.07, 6.45) is 5.71. The Bertz CT molecular complexity index is 404. The third-order valence-corrected chi connectivity index (χ3v) is 2.10. The first-order chi connectivity index (χ1) is 6.42. The number of benzene rings is 1. The fourth-order valence-corrected chi connectivity index (χ4v) is 1.52. The second kappa shape index (κ2) is 3.52. The molecular weight excluding hydrogens is 160 g/mol. The lowest BCUT2D eigenvalue weighted by molar-refractivity contribution is 0.925. The van der Waals surface area contributed by atoms with Gasteiger partial charge in [-0.1, -0.05) is 25.5 Å². The Hall–Kier alpha value is -1.44. The maximum atomic E-state index is 4.34. The Morgan fingerprint density at radius 2 is 2.00 bits per heavy atom. The van der Waals surface area contributed by atoms with Gasteiger partial charge < -0.3 is 0 Å². The summed E-state index contributed by atoms with van der Waals surface area (Å²) in [7, 11) is 0. The first kappa shape index (κ1) is 8.17. The molecule has 0 atom stereocenters. The van der Waals surface area contributed by atoms with Crippen molar-refractivity contribution in [3.63, 3.8) is 0 Å². The van der Waals surface area contributed by atoms with E-state index >= 15 is 0 Å². The number of aryl methyl sites for hydroxylation is 1. The Balaban J connectivity index is 2.61. The van der Waals surface area contributed by atoms with Crippen molar-refractivity contribution in [1.29, 1.82) is 0 Å². The summed E-state index contributed by atoms with van der Waals surface area (Å²) in [6.45, 7) is 2.18. The molecule has 2 nitrogen and oxygen atoms in total. The van der Waals surface area contributed by atoms with Gasteiger partial charge in [-0.05, 0) is 18.1 Å². The average molecular weight is 172 g/mol. The average Bonchev–Trinajstić information content (AvgIpc) is 2.19. The van der Waals surface area contributed by atoms with E-state index in [9.17, 15) is 0 Å². The highest BCUT2D eigenvalue weighted by atomic mass is 14.8. The number of aromatic nitrogens is 2. The molecule has 0 saturated carbocycles. The molecule has 0 amide bonds. The molecule has 1 aromatic heterocycles. The van der Waals surface area contributed by atoms with Crippen molar-refractivity contribution in [3.05, 3.63) is 36.2 Å². The van der Waals surface area contributed by atoms with E-state index in [2.05, 4.69) is 23.0 Å². The molecule has 2 rings (SSSR count). The molecule has 2 heteroatoms. The van der Waals surface area contributed by atoms with E-state index in [-0.39, 0.29) is 0 Å². The van der Waals surface area contributed by atoms with Crippen molar-refractivity contribution >= 4 is 11.0 Å². The molecule has 0 radical (unpaired) electrons. The highest BCUT2D eigenvalue weighted by molar-refractivity contribution is 5.77. The minimum absolute atomic E-state index is 0.994. The first-order valence-electron chi connectivity index (χ1n) is 4.60. The van der Waals surface area contributed by atoms with Gasteiger partial charge in [-0.15, -0.1) is 0 Å². The Morgan fingerprint density at radius 3 is 2.85 bits per heavy atom. The Kier molecular flexibility index (Phi) is 2.21. The molecule has 1 heterocycles. The second-order valence-corrected chi connectivity index (χ2v) is 3.09. The van der Waals surface area contributed by atoms with E-state index in [0.29, 0.717) is 0 Å². The highest BCUT2D eigenvalue weighted by Gasteiger charge is 2.00. The van der Waals surface area contributed by atoms with Crippen LogP contribution >= 0.6 is 0 Å². The summed E-state index contributed by atoms with van der Waals surface area (Å²) in [5, 5.41) is 0. The number of nitrogens with zero attached hydrogens (tertiary/aromatic N) is 2. The lowest BCUT2D eigenvalue weighted by Gasteiger charge is -2.01. The van der Waals surface area contributed by atoms with Crippen LogP contribution in [0.2, 0.25) is 0 Å². The number of hydrogen-bond donors (Lipinski definition) is 0. The van der Waals surface area contributed by atoms with E-state index in [1.54, 1.807) is 12.4 Å². The first-order valence-corrected chi connectivity index (χ1v) is 4.60. The summed E-state index contributed by atoms with van der Waals surface area (Å²) in [5.41, 5.74) is 3.34. The third kappa shape index (κ3) is 1.52. The predicted octanol–water partition coefficient (Wildman–Crippen LogP) is 2.58. The van der Waals surface area contributed by atoms with Crippen LogP contribution in [0, 0.1) is 0 Å². The maximum absolute atomic E-state index is 4.34. The van der Waals surface area contributed by atoms with Crippen molar-refractivity contribution in [2.45, 2.75) is 19.8 Å². The van der Waals surface area contributed by atoms with Gasteiger partial charge in [0.1, 0.15) is 0 Å².